The van der Waals surface area contributed by atoms with Gasteiger partial charge in [-0.25, -0.2) is 0 Å². The third-order valence-corrected chi connectivity index (χ3v) is 8.90. The van der Waals surface area contributed by atoms with Crippen molar-refractivity contribution in [3.05, 3.63) is 33.4 Å². The molecule has 1 aromatic rings. The number of carbonyl (C=O) groups is 3. The SMILES string of the molecule is CCCC(CCC)C(=O)Oc1cc(C(C)(C)C(=O)OCCCO[N+](=O)[O-])cc(O)c1[C@H]1CC(=O)[C@H]2C[C@H]1C2(C)C. The van der Waals surface area contributed by atoms with Gasteiger partial charge in [0.2, 0.25) is 0 Å². The first-order chi connectivity index (χ1) is 18.7. The second-order valence-electron chi connectivity index (χ2n) is 12.3. The molecule has 40 heavy (non-hydrogen) atoms. The van der Waals surface area contributed by atoms with Crippen molar-refractivity contribution >= 4 is 17.7 Å². The molecule has 3 saturated carbocycles. The first-order valence-electron chi connectivity index (χ1n) is 14.3. The summed E-state index contributed by atoms with van der Waals surface area (Å²) < 4.78 is 11.4. The number of ether oxygens (including phenoxy) is 2. The Bertz CT molecular complexity index is 1120. The molecule has 222 valence electrons. The Morgan fingerprint density at radius 3 is 2.38 bits per heavy atom. The van der Waals surface area contributed by atoms with Crippen LogP contribution < -0.4 is 4.74 Å². The van der Waals surface area contributed by atoms with Gasteiger partial charge in [-0.3, -0.25) is 14.4 Å². The zero-order valence-corrected chi connectivity index (χ0v) is 24.5. The van der Waals surface area contributed by atoms with Crippen LogP contribution in [0.4, 0.5) is 0 Å². The number of ketones is 1. The van der Waals surface area contributed by atoms with Crippen LogP contribution in [0, 0.1) is 33.3 Å². The number of esters is 2. The lowest BCUT2D eigenvalue weighted by Crippen LogP contribution is -2.56. The van der Waals surface area contributed by atoms with Crippen LogP contribution in [0.5, 0.6) is 11.5 Å². The summed E-state index contributed by atoms with van der Waals surface area (Å²) in [5.41, 5.74) is -0.634. The van der Waals surface area contributed by atoms with Gasteiger partial charge in [-0.15, -0.1) is 10.1 Å². The number of phenolic OH excluding ortho intramolecular Hbond substituents is 1. The van der Waals surface area contributed by atoms with Crippen molar-refractivity contribution in [3.8, 4) is 11.5 Å². The monoisotopic (exact) mass is 561 g/mol. The summed E-state index contributed by atoms with van der Waals surface area (Å²) in [6, 6.07) is 3.10. The molecule has 0 amide bonds. The highest BCUT2D eigenvalue weighted by Crippen LogP contribution is 2.64. The van der Waals surface area contributed by atoms with Gasteiger partial charge in [0, 0.05) is 30.2 Å². The summed E-state index contributed by atoms with van der Waals surface area (Å²) in [4.78, 5) is 53.9. The van der Waals surface area contributed by atoms with Crippen molar-refractivity contribution in [1.29, 1.82) is 0 Å². The highest BCUT2D eigenvalue weighted by atomic mass is 16.9. The third kappa shape index (κ3) is 6.41. The fourth-order valence-corrected chi connectivity index (χ4v) is 6.35. The smallest absolute Gasteiger partial charge is 0.315 e. The first kappa shape index (κ1) is 31.4. The Labute approximate surface area is 235 Å². The molecular formula is C30H43NO9. The molecule has 3 fully saturated rings. The lowest BCUT2D eigenvalue weighted by Gasteiger charge is -2.59. The van der Waals surface area contributed by atoms with Gasteiger partial charge in [0.05, 0.1) is 24.5 Å². The van der Waals surface area contributed by atoms with E-state index in [0.717, 1.165) is 19.3 Å². The topological polar surface area (TPSA) is 142 Å². The molecule has 1 N–H and O–H groups in total. The van der Waals surface area contributed by atoms with Gasteiger partial charge in [0.25, 0.3) is 5.09 Å². The van der Waals surface area contributed by atoms with Crippen LogP contribution in [-0.2, 0) is 29.4 Å². The summed E-state index contributed by atoms with van der Waals surface area (Å²) in [6.07, 6.45) is 4.12. The van der Waals surface area contributed by atoms with Gasteiger partial charge in [0.1, 0.15) is 17.3 Å². The van der Waals surface area contributed by atoms with Gasteiger partial charge in [-0.2, -0.15) is 0 Å². The van der Waals surface area contributed by atoms with Crippen LogP contribution in [0.15, 0.2) is 12.1 Å². The Balaban J connectivity index is 1.96. The van der Waals surface area contributed by atoms with E-state index < -0.39 is 16.5 Å². The second-order valence-corrected chi connectivity index (χ2v) is 12.3. The van der Waals surface area contributed by atoms with Crippen molar-refractivity contribution in [1.82, 2.24) is 0 Å². The zero-order chi connectivity index (χ0) is 29.8. The average Bonchev–Trinajstić information content (AvgIpc) is 2.87. The van der Waals surface area contributed by atoms with Crippen LogP contribution in [0.2, 0.25) is 0 Å². The number of carbonyl (C=O) groups excluding carboxylic acids is 3. The Hall–Kier alpha value is -3.17. The number of rotatable bonds is 14. The number of benzene rings is 1. The van der Waals surface area contributed by atoms with Crippen LogP contribution >= 0.6 is 0 Å². The lowest BCUT2D eigenvalue weighted by atomic mass is 9.44. The lowest BCUT2D eigenvalue weighted by molar-refractivity contribution is -0.757. The van der Waals surface area contributed by atoms with Gasteiger partial charge in [-0.1, -0.05) is 40.5 Å². The normalized spacial score (nSPS) is 21.5. The standard InChI is InChI=1S/C30H43NO9/c1-7-10-18(11-8-2)27(34)40-25-15-19(29(3,4)28(35)38-12-9-13-39-31(36)37)14-24(33)26(25)20-16-23(32)22-17-21(20)30(22,5)6/h14-15,18,20-22,33H,7-13,16-17H2,1-6H3/t20-,21+,22+/m0/s1. The molecule has 10 heteroatoms. The quantitative estimate of drug-likeness (QED) is 0.100. The molecule has 2 bridgehead atoms. The number of nitrogens with zero attached hydrogens (tertiary/aromatic N) is 1. The minimum absolute atomic E-state index is 0.00381. The van der Waals surface area contributed by atoms with Crippen molar-refractivity contribution < 1.29 is 38.9 Å². The van der Waals surface area contributed by atoms with Gasteiger partial charge in [-0.05, 0) is 62.1 Å². The molecule has 1 aromatic carbocycles. The van der Waals surface area contributed by atoms with E-state index in [-0.39, 0.29) is 78.4 Å². The fraction of sp³-hybridized carbons (Fsp3) is 0.700. The number of fused-ring (bicyclic) bond motifs is 2. The number of Topliss-reactive ketones (excluding diaryl/α,β-unsaturated/α-hetero) is 1. The van der Waals surface area contributed by atoms with E-state index in [1.807, 2.05) is 13.8 Å². The second kappa shape index (κ2) is 12.6. The molecule has 0 aliphatic heterocycles. The van der Waals surface area contributed by atoms with E-state index >= 15 is 0 Å². The van der Waals surface area contributed by atoms with Gasteiger partial charge >= 0.3 is 11.9 Å². The van der Waals surface area contributed by atoms with Crippen LogP contribution in [0.3, 0.4) is 0 Å². The summed E-state index contributed by atoms with van der Waals surface area (Å²) in [5, 5.41) is 20.8. The molecule has 3 atom stereocenters. The minimum Gasteiger partial charge on any atom is -0.508 e. The highest BCUT2D eigenvalue weighted by Gasteiger charge is 2.59. The van der Waals surface area contributed by atoms with Crippen LogP contribution in [0.25, 0.3) is 0 Å². The maximum absolute atomic E-state index is 13.3. The summed E-state index contributed by atoms with van der Waals surface area (Å²) in [5.74, 6) is -1.25. The highest BCUT2D eigenvalue weighted by molar-refractivity contribution is 5.87. The van der Waals surface area contributed by atoms with E-state index in [1.54, 1.807) is 19.9 Å². The number of hydrogen-bond acceptors (Lipinski definition) is 9. The summed E-state index contributed by atoms with van der Waals surface area (Å²) in [7, 11) is 0. The van der Waals surface area contributed by atoms with E-state index in [0.29, 0.717) is 24.0 Å². The average molecular weight is 562 g/mol. The molecule has 4 rings (SSSR count). The van der Waals surface area contributed by atoms with E-state index in [1.165, 1.54) is 6.07 Å². The van der Waals surface area contributed by atoms with Crippen LogP contribution in [0.1, 0.15) is 104 Å². The predicted octanol–water partition coefficient (Wildman–Crippen LogP) is 5.65. The third-order valence-electron chi connectivity index (χ3n) is 8.90. The molecule has 3 aliphatic rings. The fourth-order valence-electron chi connectivity index (χ4n) is 6.35. The van der Waals surface area contributed by atoms with Crippen molar-refractivity contribution in [2.45, 2.75) is 97.8 Å². The largest absolute Gasteiger partial charge is 0.508 e. The minimum atomic E-state index is -1.24. The van der Waals surface area contributed by atoms with Crippen molar-refractivity contribution in [3.63, 3.8) is 0 Å². The summed E-state index contributed by atoms with van der Waals surface area (Å²) >= 11 is 0. The Morgan fingerprint density at radius 1 is 1.18 bits per heavy atom. The molecule has 10 nitrogen and oxygen atoms in total. The molecular weight excluding hydrogens is 518 g/mol. The van der Waals surface area contributed by atoms with E-state index in [4.69, 9.17) is 9.47 Å². The predicted molar refractivity (Wildman–Crippen MR) is 146 cm³/mol. The Kier molecular flexibility index (Phi) is 9.85. The molecule has 0 aromatic heterocycles. The first-order valence-corrected chi connectivity index (χ1v) is 14.3. The Morgan fingerprint density at radius 2 is 1.82 bits per heavy atom. The summed E-state index contributed by atoms with van der Waals surface area (Å²) in [6.45, 7) is 11.1. The molecule has 0 saturated heterocycles. The maximum atomic E-state index is 13.3. The van der Waals surface area contributed by atoms with Crippen molar-refractivity contribution in [2.75, 3.05) is 13.2 Å². The number of aromatic hydroxyl groups is 1. The van der Waals surface area contributed by atoms with Gasteiger partial charge < -0.3 is 19.4 Å². The zero-order valence-electron chi connectivity index (χ0n) is 24.5. The molecule has 0 heterocycles. The van der Waals surface area contributed by atoms with Crippen molar-refractivity contribution in [2.24, 2.45) is 23.2 Å². The van der Waals surface area contributed by atoms with E-state index in [9.17, 15) is 29.6 Å². The van der Waals surface area contributed by atoms with Gasteiger partial charge in [0.15, 0.2) is 0 Å². The molecule has 0 spiro atoms. The maximum Gasteiger partial charge on any atom is 0.315 e. The van der Waals surface area contributed by atoms with E-state index in [2.05, 4.69) is 18.7 Å². The molecule has 3 aliphatic carbocycles. The molecule has 0 radical (unpaired) electrons. The number of phenols is 1. The molecule has 0 unspecified atom stereocenters. The number of hydrogen-bond donors (Lipinski definition) is 1. The van der Waals surface area contributed by atoms with Crippen LogP contribution in [-0.4, -0.2) is 41.1 Å².